The summed E-state index contributed by atoms with van der Waals surface area (Å²) in [5.74, 6) is 0.697. The van der Waals surface area contributed by atoms with Crippen LogP contribution in [0.15, 0.2) is 24.4 Å². The van der Waals surface area contributed by atoms with Crippen LogP contribution in [0.25, 0.3) is 5.69 Å². The average molecular weight is 372 g/mol. The number of ether oxygens (including phenoxy) is 1. The highest BCUT2D eigenvalue weighted by Crippen LogP contribution is 2.31. The zero-order valence-electron chi connectivity index (χ0n) is 15.5. The first-order valence-corrected chi connectivity index (χ1v) is 8.29. The lowest BCUT2D eigenvalue weighted by molar-refractivity contribution is 0.407. The van der Waals surface area contributed by atoms with Crippen molar-refractivity contribution in [3.63, 3.8) is 0 Å². The number of hydrogen-bond donors (Lipinski definition) is 3. The van der Waals surface area contributed by atoms with E-state index in [4.69, 9.17) is 4.74 Å². The van der Waals surface area contributed by atoms with E-state index in [0.29, 0.717) is 23.8 Å². The first-order chi connectivity index (χ1) is 13.0. The maximum Gasteiger partial charge on any atom is 0.229 e. The summed E-state index contributed by atoms with van der Waals surface area (Å²) in [5, 5.41) is 16.9. The van der Waals surface area contributed by atoms with Gasteiger partial charge in [0.15, 0.2) is 5.82 Å². The van der Waals surface area contributed by atoms with E-state index >= 15 is 4.39 Å². The Bertz CT molecular complexity index is 943. The highest BCUT2D eigenvalue weighted by molar-refractivity contribution is 5.64. The zero-order valence-corrected chi connectivity index (χ0v) is 15.5. The molecule has 0 radical (unpaired) electrons. The van der Waals surface area contributed by atoms with Gasteiger partial charge in [0.1, 0.15) is 17.3 Å². The lowest BCUT2D eigenvalue weighted by Gasteiger charge is -2.14. The van der Waals surface area contributed by atoms with Gasteiger partial charge in [-0.25, -0.2) is 14.1 Å². The normalized spacial score (nSPS) is 10.7. The molecule has 0 amide bonds. The number of rotatable bonds is 7. The van der Waals surface area contributed by atoms with Gasteiger partial charge in [-0.15, -0.1) is 5.10 Å². The molecule has 0 aliphatic rings. The number of aryl methyl sites for hydroxylation is 1. The second-order valence-electron chi connectivity index (χ2n) is 5.76. The number of methoxy groups -OCH3 is 1. The summed E-state index contributed by atoms with van der Waals surface area (Å²) >= 11 is 0. The molecule has 27 heavy (non-hydrogen) atoms. The van der Waals surface area contributed by atoms with E-state index in [1.807, 2.05) is 6.92 Å². The van der Waals surface area contributed by atoms with Crippen molar-refractivity contribution in [2.75, 3.05) is 31.8 Å². The van der Waals surface area contributed by atoms with Crippen molar-refractivity contribution in [1.82, 2.24) is 30.3 Å². The van der Waals surface area contributed by atoms with Crippen LogP contribution in [-0.4, -0.2) is 46.2 Å². The molecule has 0 saturated carbocycles. The molecular weight excluding hydrogens is 351 g/mol. The van der Waals surface area contributed by atoms with Crippen LogP contribution in [0.2, 0.25) is 0 Å². The maximum absolute atomic E-state index is 15.3. The monoisotopic (exact) mass is 372 g/mol. The highest BCUT2D eigenvalue weighted by atomic mass is 19.1. The van der Waals surface area contributed by atoms with Gasteiger partial charge in [0.05, 0.1) is 24.7 Å². The van der Waals surface area contributed by atoms with Crippen LogP contribution in [0.4, 0.5) is 21.8 Å². The third-order valence-corrected chi connectivity index (χ3v) is 3.78. The van der Waals surface area contributed by atoms with Gasteiger partial charge in [-0.2, -0.15) is 4.98 Å². The molecule has 0 atom stereocenters. The average Bonchev–Trinajstić information content (AvgIpc) is 3.11. The Kier molecular flexibility index (Phi) is 5.46. The summed E-state index contributed by atoms with van der Waals surface area (Å²) < 4.78 is 21.9. The molecule has 0 spiro atoms. The Labute approximate surface area is 156 Å². The molecule has 0 aliphatic carbocycles. The summed E-state index contributed by atoms with van der Waals surface area (Å²) in [6, 6.07) is 5.00. The lowest BCUT2D eigenvalue weighted by Crippen LogP contribution is -2.07. The minimum absolute atomic E-state index is 0.152. The van der Waals surface area contributed by atoms with E-state index in [9.17, 15) is 0 Å². The van der Waals surface area contributed by atoms with E-state index in [1.165, 1.54) is 11.8 Å². The Balaban J connectivity index is 2.01. The van der Waals surface area contributed by atoms with Gasteiger partial charge in [-0.05, 0) is 26.1 Å². The molecule has 3 aromatic rings. The largest absolute Gasteiger partial charge is 0.494 e. The number of benzene rings is 1. The standard InChI is InChI=1S/C17H21FN8O/c1-10-7-14(20-3)23-17(21-10)22-12-5-6-13(27-4)16(15(12)18)26-9-11(8-19-2)24-25-26/h5-7,9,19H,8H2,1-4H3,(H2,20,21,22,23). The van der Waals surface area contributed by atoms with E-state index in [1.54, 1.807) is 38.5 Å². The van der Waals surface area contributed by atoms with Gasteiger partial charge in [-0.1, -0.05) is 5.21 Å². The van der Waals surface area contributed by atoms with Crippen LogP contribution in [0.5, 0.6) is 5.75 Å². The van der Waals surface area contributed by atoms with Gasteiger partial charge in [0, 0.05) is 25.4 Å². The molecular formula is C17H21FN8O. The minimum atomic E-state index is -0.550. The Morgan fingerprint density at radius 3 is 2.74 bits per heavy atom. The third kappa shape index (κ3) is 3.95. The number of anilines is 3. The number of halogens is 1. The Morgan fingerprint density at radius 1 is 1.22 bits per heavy atom. The van der Waals surface area contributed by atoms with E-state index in [-0.39, 0.29) is 17.3 Å². The van der Waals surface area contributed by atoms with Crippen molar-refractivity contribution in [3.05, 3.63) is 41.6 Å². The summed E-state index contributed by atoms with van der Waals surface area (Å²) in [4.78, 5) is 8.58. The van der Waals surface area contributed by atoms with Crippen molar-refractivity contribution < 1.29 is 9.13 Å². The first-order valence-electron chi connectivity index (χ1n) is 8.29. The number of aromatic nitrogens is 5. The molecule has 10 heteroatoms. The minimum Gasteiger partial charge on any atom is -0.494 e. The molecule has 2 heterocycles. The molecule has 9 nitrogen and oxygen atoms in total. The van der Waals surface area contributed by atoms with E-state index in [2.05, 4.69) is 36.2 Å². The van der Waals surface area contributed by atoms with Crippen molar-refractivity contribution in [3.8, 4) is 11.4 Å². The topological polar surface area (TPSA) is 102 Å². The van der Waals surface area contributed by atoms with E-state index < -0.39 is 5.82 Å². The summed E-state index contributed by atoms with van der Waals surface area (Å²) in [7, 11) is 5.02. The zero-order chi connectivity index (χ0) is 19.4. The second kappa shape index (κ2) is 7.96. The van der Waals surface area contributed by atoms with E-state index in [0.717, 1.165) is 5.69 Å². The second-order valence-corrected chi connectivity index (χ2v) is 5.76. The quantitative estimate of drug-likeness (QED) is 0.579. The summed E-state index contributed by atoms with van der Waals surface area (Å²) in [5.41, 5.74) is 1.78. The van der Waals surface area contributed by atoms with Crippen molar-refractivity contribution in [2.45, 2.75) is 13.5 Å². The van der Waals surface area contributed by atoms with Crippen molar-refractivity contribution in [1.29, 1.82) is 0 Å². The molecule has 0 fully saturated rings. The Morgan fingerprint density at radius 2 is 2.04 bits per heavy atom. The fourth-order valence-corrected chi connectivity index (χ4v) is 2.56. The predicted octanol–water partition coefficient (Wildman–Crippen LogP) is 2.02. The maximum atomic E-state index is 15.3. The first kappa shape index (κ1) is 18.5. The number of nitrogens with zero attached hydrogens (tertiary/aromatic N) is 5. The number of hydrogen-bond acceptors (Lipinski definition) is 8. The summed E-state index contributed by atoms with van der Waals surface area (Å²) in [6.45, 7) is 2.36. The summed E-state index contributed by atoms with van der Waals surface area (Å²) in [6.07, 6.45) is 1.64. The van der Waals surface area contributed by atoms with Crippen LogP contribution in [0.1, 0.15) is 11.4 Å². The molecule has 0 saturated heterocycles. The van der Waals surface area contributed by atoms with Crippen LogP contribution >= 0.6 is 0 Å². The molecule has 3 N–H and O–H groups in total. The van der Waals surface area contributed by atoms with Crippen LogP contribution in [0, 0.1) is 12.7 Å². The van der Waals surface area contributed by atoms with Gasteiger partial charge in [0.2, 0.25) is 5.95 Å². The molecule has 3 rings (SSSR count). The molecule has 0 unspecified atom stereocenters. The Hall–Kier alpha value is -3.27. The van der Waals surface area contributed by atoms with Crippen LogP contribution in [-0.2, 0) is 6.54 Å². The van der Waals surface area contributed by atoms with Gasteiger partial charge >= 0.3 is 0 Å². The fourth-order valence-electron chi connectivity index (χ4n) is 2.56. The highest BCUT2D eigenvalue weighted by Gasteiger charge is 2.18. The fraction of sp³-hybridized carbons (Fsp3) is 0.294. The van der Waals surface area contributed by atoms with Crippen molar-refractivity contribution in [2.24, 2.45) is 0 Å². The van der Waals surface area contributed by atoms with Gasteiger partial charge in [0.25, 0.3) is 0 Å². The van der Waals surface area contributed by atoms with Crippen LogP contribution in [0.3, 0.4) is 0 Å². The third-order valence-electron chi connectivity index (χ3n) is 3.78. The SMILES string of the molecule is CNCc1cn(-c2c(OC)ccc(Nc3nc(C)cc(NC)n3)c2F)nn1. The van der Waals surface area contributed by atoms with Gasteiger partial charge < -0.3 is 20.7 Å². The smallest absolute Gasteiger partial charge is 0.229 e. The molecule has 142 valence electrons. The predicted molar refractivity (Wildman–Crippen MR) is 100 cm³/mol. The molecule has 0 aliphatic heterocycles. The molecule has 1 aromatic carbocycles. The molecule has 2 aromatic heterocycles. The van der Waals surface area contributed by atoms with Crippen molar-refractivity contribution >= 4 is 17.5 Å². The lowest BCUT2D eigenvalue weighted by atomic mass is 10.2. The van der Waals surface area contributed by atoms with Crippen LogP contribution < -0.4 is 20.7 Å². The van der Waals surface area contributed by atoms with Gasteiger partial charge in [-0.3, -0.25) is 0 Å². The number of nitrogens with one attached hydrogen (secondary N) is 3. The molecule has 0 bridgehead atoms.